The molecular formula is C28H26N2O3. The minimum Gasteiger partial charge on any atom is -0.494 e. The number of hydrogen-bond acceptors (Lipinski definition) is 5. The topological polar surface area (TPSA) is 67.4 Å². The average Bonchev–Trinajstić information content (AvgIpc) is 3.02. The van der Waals surface area contributed by atoms with Crippen molar-refractivity contribution in [3.8, 4) is 5.75 Å². The predicted octanol–water partition coefficient (Wildman–Crippen LogP) is 5.90. The van der Waals surface area contributed by atoms with Crippen LogP contribution in [0.3, 0.4) is 0 Å². The number of hydrogen-bond donors (Lipinski definition) is 2. The molecule has 5 heteroatoms. The maximum atomic E-state index is 13.0. The number of carbonyl (C=O) groups excluding carboxylic acids is 2. The van der Waals surface area contributed by atoms with Crippen molar-refractivity contribution in [2.75, 3.05) is 17.2 Å². The Hall–Kier alpha value is -3.86. The Balaban J connectivity index is 1.54. The molecule has 0 amide bonds. The molecule has 0 bridgehead atoms. The fourth-order valence-corrected chi connectivity index (χ4v) is 4.56. The van der Waals surface area contributed by atoms with Crippen LogP contribution in [0.25, 0.3) is 0 Å². The number of ether oxygens (including phenoxy) is 1. The summed E-state index contributed by atoms with van der Waals surface area (Å²) in [6.07, 6.45) is 2.16. The first-order valence-electron chi connectivity index (χ1n) is 11.4. The molecular weight excluding hydrogens is 412 g/mol. The number of allylic oxidation sites excluding steroid dienone is 1. The van der Waals surface area contributed by atoms with Crippen LogP contribution in [0.5, 0.6) is 5.75 Å². The third kappa shape index (κ3) is 4.14. The van der Waals surface area contributed by atoms with Crippen LogP contribution in [-0.4, -0.2) is 18.2 Å². The van der Waals surface area contributed by atoms with Crippen LogP contribution in [0.4, 0.5) is 11.4 Å². The van der Waals surface area contributed by atoms with Crippen LogP contribution in [-0.2, 0) is 4.79 Å². The van der Waals surface area contributed by atoms with E-state index in [1.807, 2.05) is 79.7 Å². The van der Waals surface area contributed by atoms with E-state index in [2.05, 4.69) is 10.6 Å². The van der Waals surface area contributed by atoms with Crippen molar-refractivity contribution in [2.45, 2.75) is 32.2 Å². The molecule has 3 aromatic rings. The molecule has 0 unspecified atom stereocenters. The number of anilines is 2. The van der Waals surface area contributed by atoms with Gasteiger partial charge >= 0.3 is 0 Å². The molecule has 0 fully saturated rings. The van der Waals surface area contributed by atoms with E-state index in [0.717, 1.165) is 46.8 Å². The van der Waals surface area contributed by atoms with Crippen LogP contribution in [0, 0.1) is 0 Å². The van der Waals surface area contributed by atoms with E-state index >= 15 is 0 Å². The van der Waals surface area contributed by atoms with Crippen molar-refractivity contribution in [2.24, 2.45) is 0 Å². The molecule has 1 atom stereocenters. The fourth-order valence-electron chi connectivity index (χ4n) is 4.56. The molecule has 0 saturated heterocycles. The van der Waals surface area contributed by atoms with Crippen molar-refractivity contribution in [3.63, 3.8) is 0 Å². The lowest BCUT2D eigenvalue weighted by atomic mass is 9.86. The maximum absolute atomic E-state index is 13.0. The molecule has 5 rings (SSSR count). The number of carbonyl (C=O) groups is 2. The van der Waals surface area contributed by atoms with Gasteiger partial charge < -0.3 is 15.4 Å². The molecule has 2 N–H and O–H groups in total. The summed E-state index contributed by atoms with van der Waals surface area (Å²) < 4.78 is 5.59. The molecule has 3 aromatic carbocycles. The Morgan fingerprint density at radius 1 is 0.939 bits per heavy atom. The number of rotatable bonds is 5. The Morgan fingerprint density at radius 3 is 2.48 bits per heavy atom. The van der Waals surface area contributed by atoms with Gasteiger partial charge in [-0.2, -0.15) is 0 Å². The van der Waals surface area contributed by atoms with E-state index in [4.69, 9.17) is 4.74 Å². The summed E-state index contributed by atoms with van der Waals surface area (Å²) in [7, 11) is 0. The molecule has 5 nitrogen and oxygen atoms in total. The van der Waals surface area contributed by atoms with E-state index in [9.17, 15) is 9.59 Å². The smallest absolute Gasteiger partial charge is 0.193 e. The van der Waals surface area contributed by atoms with Crippen LogP contribution in [0.15, 0.2) is 84.1 Å². The summed E-state index contributed by atoms with van der Waals surface area (Å²) in [5.74, 6) is 0.937. The van der Waals surface area contributed by atoms with E-state index in [-0.39, 0.29) is 17.6 Å². The first-order valence-corrected chi connectivity index (χ1v) is 11.4. The van der Waals surface area contributed by atoms with Crippen LogP contribution in [0.1, 0.15) is 53.7 Å². The lowest BCUT2D eigenvalue weighted by Crippen LogP contribution is -2.23. The standard InChI is InChI=1S/C28H26N2O3/c1-2-33-21-14-11-18(12-15-21)27-26-23(9-6-10-25(26)31)29-24-17-20(13-16-22(24)30-27)28(32)19-7-4-3-5-8-19/h3-5,7-8,11-17,27,29-30H,2,6,9-10H2,1H3/t27-/m0/s1. The summed E-state index contributed by atoms with van der Waals surface area (Å²) in [4.78, 5) is 26.0. The highest BCUT2D eigenvalue weighted by molar-refractivity contribution is 6.10. The average molecular weight is 439 g/mol. The number of Topliss-reactive ketones (excluding diaryl/α,β-unsaturated/α-hetero) is 1. The SMILES string of the molecule is CCOc1ccc([C@@H]2Nc3ccc(C(=O)c4ccccc4)cc3NC3=C2C(=O)CCC3)cc1. The lowest BCUT2D eigenvalue weighted by molar-refractivity contribution is -0.116. The van der Waals surface area contributed by atoms with E-state index in [1.54, 1.807) is 0 Å². The highest BCUT2D eigenvalue weighted by Crippen LogP contribution is 2.41. The summed E-state index contributed by atoms with van der Waals surface area (Å²) in [6, 6.07) is 22.5. The van der Waals surface area contributed by atoms with Gasteiger partial charge in [0.25, 0.3) is 0 Å². The van der Waals surface area contributed by atoms with Crippen LogP contribution >= 0.6 is 0 Å². The molecule has 0 radical (unpaired) electrons. The molecule has 0 aromatic heterocycles. The van der Waals surface area contributed by atoms with Crippen LogP contribution < -0.4 is 15.4 Å². The van der Waals surface area contributed by atoms with Gasteiger partial charge in [0.1, 0.15) is 5.75 Å². The number of ketones is 2. The minimum absolute atomic E-state index is 0.0265. The van der Waals surface area contributed by atoms with Gasteiger partial charge in [-0.15, -0.1) is 0 Å². The zero-order valence-corrected chi connectivity index (χ0v) is 18.6. The number of benzene rings is 3. The van der Waals surface area contributed by atoms with Gasteiger partial charge in [-0.05, 0) is 55.7 Å². The highest BCUT2D eigenvalue weighted by Gasteiger charge is 2.32. The minimum atomic E-state index is -0.270. The summed E-state index contributed by atoms with van der Waals surface area (Å²) in [6.45, 7) is 2.56. The summed E-state index contributed by atoms with van der Waals surface area (Å²) in [5.41, 5.74) is 5.64. The zero-order chi connectivity index (χ0) is 22.8. The van der Waals surface area contributed by atoms with E-state index in [0.29, 0.717) is 24.2 Å². The third-order valence-corrected chi connectivity index (χ3v) is 6.17. The fraction of sp³-hybridized carbons (Fsp3) is 0.214. The predicted molar refractivity (Wildman–Crippen MR) is 130 cm³/mol. The van der Waals surface area contributed by atoms with E-state index in [1.165, 1.54) is 0 Å². The van der Waals surface area contributed by atoms with Gasteiger partial charge in [-0.1, -0.05) is 42.5 Å². The summed E-state index contributed by atoms with van der Waals surface area (Å²) in [5, 5.41) is 7.06. The Kier molecular flexibility index (Phi) is 5.69. The lowest BCUT2D eigenvalue weighted by Gasteiger charge is -2.25. The van der Waals surface area contributed by atoms with Gasteiger partial charge in [-0.25, -0.2) is 0 Å². The van der Waals surface area contributed by atoms with E-state index < -0.39 is 0 Å². The largest absolute Gasteiger partial charge is 0.494 e. The maximum Gasteiger partial charge on any atom is 0.193 e. The van der Waals surface area contributed by atoms with Crippen LogP contribution in [0.2, 0.25) is 0 Å². The molecule has 0 spiro atoms. The van der Waals surface area contributed by atoms with Crippen molar-refractivity contribution < 1.29 is 14.3 Å². The molecule has 1 aliphatic carbocycles. The second-order valence-corrected chi connectivity index (χ2v) is 8.33. The normalized spacial score (nSPS) is 17.2. The highest BCUT2D eigenvalue weighted by atomic mass is 16.5. The molecule has 166 valence electrons. The monoisotopic (exact) mass is 438 g/mol. The first-order chi connectivity index (χ1) is 16.1. The van der Waals surface area contributed by atoms with Crippen molar-refractivity contribution >= 4 is 22.9 Å². The Bertz CT molecular complexity index is 1230. The molecule has 33 heavy (non-hydrogen) atoms. The quantitative estimate of drug-likeness (QED) is 0.485. The van der Waals surface area contributed by atoms with Crippen molar-refractivity contribution in [3.05, 3.63) is 101 Å². The molecule has 0 saturated carbocycles. The Morgan fingerprint density at radius 2 is 1.73 bits per heavy atom. The number of nitrogens with one attached hydrogen (secondary N) is 2. The molecule has 1 aliphatic heterocycles. The van der Waals surface area contributed by atoms with Gasteiger partial charge in [0.05, 0.1) is 24.0 Å². The first kappa shape index (κ1) is 21.0. The molecule has 1 heterocycles. The van der Waals surface area contributed by atoms with Gasteiger partial charge in [0.2, 0.25) is 0 Å². The Labute approximate surface area is 193 Å². The summed E-state index contributed by atoms with van der Waals surface area (Å²) >= 11 is 0. The van der Waals surface area contributed by atoms with Crippen molar-refractivity contribution in [1.29, 1.82) is 0 Å². The zero-order valence-electron chi connectivity index (χ0n) is 18.6. The van der Waals surface area contributed by atoms with Crippen molar-refractivity contribution in [1.82, 2.24) is 0 Å². The van der Waals surface area contributed by atoms with Gasteiger partial charge in [-0.3, -0.25) is 9.59 Å². The van der Waals surface area contributed by atoms with Gasteiger partial charge in [0, 0.05) is 28.8 Å². The second-order valence-electron chi connectivity index (χ2n) is 8.33. The number of fused-ring (bicyclic) bond motifs is 1. The molecule has 2 aliphatic rings. The second kappa shape index (κ2) is 8.94. The third-order valence-electron chi connectivity index (χ3n) is 6.17. The van der Waals surface area contributed by atoms with Gasteiger partial charge in [0.15, 0.2) is 11.6 Å².